The summed E-state index contributed by atoms with van der Waals surface area (Å²) in [7, 11) is -3.67. The molecule has 0 aliphatic rings. The fourth-order valence-electron chi connectivity index (χ4n) is 2.40. The van der Waals surface area contributed by atoms with Crippen LogP contribution in [0.3, 0.4) is 0 Å². The molecule has 27 heavy (non-hydrogen) atoms. The van der Waals surface area contributed by atoms with Gasteiger partial charge in [0.25, 0.3) is 5.91 Å². The Hall–Kier alpha value is -2.38. The number of hydrogen-bond donors (Lipinski definition) is 2. The third-order valence-electron chi connectivity index (χ3n) is 3.55. The molecule has 2 aromatic carbocycles. The summed E-state index contributed by atoms with van der Waals surface area (Å²) in [5, 5.41) is 2.66. The van der Waals surface area contributed by atoms with Crippen molar-refractivity contribution in [3.63, 3.8) is 0 Å². The molecular formula is C20H26N2O4S. The van der Waals surface area contributed by atoms with Crippen molar-refractivity contribution in [1.82, 2.24) is 4.72 Å². The van der Waals surface area contributed by atoms with Gasteiger partial charge < -0.3 is 10.1 Å². The molecule has 0 aliphatic heterocycles. The molecule has 0 heterocycles. The molecule has 1 amide bonds. The molecule has 0 saturated heterocycles. The largest absolute Gasteiger partial charge is 0.484 e. The first-order valence-electron chi connectivity index (χ1n) is 8.75. The van der Waals surface area contributed by atoms with E-state index in [0.717, 1.165) is 12.0 Å². The summed E-state index contributed by atoms with van der Waals surface area (Å²) in [6.45, 7) is 7.18. The van der Waals surface area contributed by atoms with Gasteiger partial charge >= 0.3 is 0 Å². The van der Waals surface area contributed by atoms with Crippen LogP contribution in [0.4, 0.5) is 5.69 Å². The lowest BCUT2D eigenvalue weighted by Gasteiger charge is -2.20. The zero-order valence-corrected chi connectivity index (χ0v) is 16.9. The highest BCUT2D eigenvalue weighted by atomic mass is 32.2. The summed E-state index contributed by atoms with van der Waals surface area (Å²) in [6.07, 6.45) is 0.882. The molecule has 2 N–H and O–H groups in total. The monoisotopic (exact) mass is 390 g/mol. The van der Waals surface area contributed by atoms with Gasteiger partial charge in [0.15, 0.2) is 6.61 Å². The Labute approximate surface area is 161 Å². The van der Waals surface area contributed by atoms with Gasteiger partial charge in [-0.05, 0) is 63.1 Å². The smallest absolute Gasteiger partial charge is 0.262 e. The SMILES string of the molecule is CCc1cccc(OCC(=O)Nc2cccc(S(=O)(=O)NC(C)(C)C)c2)c1. The van der Waals surface area contributed by atoms with Crippen LogP contribution in [0.15, 0.2) is 53.4 Å². The van der Waals surface area contributed by atoms with Gasteiger partial charge in [-0.25, -0.2) is 13.1 Å². The second-order valence-electron chi connectivity index (χ2n) is 7.22. The summed E-state index contributed by atoms with van der Waals surface area (Å²) in [5.41, 5.74) is 0.915. The number of anilines is 1. The molecule has 0 spiro atoms. The average Bonchev–Trinajstić information content (AvgIpc) is 2.58. The van der Waals surface area contributed by atoms with Gasteiger partial charge in [-0.1, -0.05) is 25.1 Å². The summed E-state index contributed by atoms with van der Waals surface area (Å²) in [4.78, 5) is 12.2. The van der Waals surface area contributed by atoms with E-state index >= 15 is 0 Å². The van der Waals surface area contributed by atoms with E-state index in [1.54, 1.807) is 39.0 Å². The van der Waals surface area contributed by atoms with Crippen molar-refractivity contribution in [3.05, 3.63) is 54.1 Å². The van der Waals surface area contributed by atoms with Gasteiger partial charge in [-0.15, -0.1) is 0 Å². The average molecular weight is 391 g/mol. The summed E-state index contributed by atoms with van der Waals surface area (Å²) in [6, 6.07) is 13.7. The Morgan fingerprint density at radius 3 is 2.44 bits per heavy atom. The number of carbonyl (C=O) groups excluding carboxylic acids is 1. The molecule has 0 fully saturated rings. The predicted octanol–water partition coefficient (Wildman–Crippen LogP) is 3.34. The molecule has 0 saturated carbocycles. The zero-order valence-electron chi connectivity index (χ0n) is 16.1. The Morgan fingerprint density at radius 2 is 1.78 bits per heavy atom. The molecule has 7 heteroatoms. The van der Waals surface area contributed by atoms with Crippen molar-refractivity contribution in [1.29, 1.82) is 0 Å². The number of amides is 1. The second kappa shape index (κ2) is 8.54. The third kappa shape index (κ3) is 6.69. The summed E-state index contributed by atoms with van der Waals surface area (Å²) >= 11 is 0. The summed E-state index contributed by atoms with van der Waals surface area (Å²) < 4.78 is 32.9. The first-order valence-corrected chi connectivity index (χ1v) is 10.2. The Morgan fingerprint density at radius 1 is 1.07 bits per heavy atom. The van der Waals surface area contributed by atoms with Crippen molar-refractivity contribution in [2.75, 3.05) is 11.9 Å². The van der Waals surface area contributed by atoms with E-state index in [1.165, 1.54) is 12.1 Å². The van der Waals surface area contributed by atoms with Crippen LogP contribution in [0.5, 0.6) is 5.75 Å². The topological polar surface area (TPSA) is 84.5 Å². The quantitative estimate of drug-likeness (QED) is 0.759. The fraction of sp³-hybridized carbons (Fsp3) is 0.350. The molecule has 0 unspecified atom stereocenters. The highest BCUT2D eigenvalue weighted by molar-refractivity contribution is 7.89. The zero-order chi connectivity index (χ0) is 20.1. The first-order chi connectivity index (χ1) is 12.6. The van der Waals surface area contributed by atoms with Crippen LogP contribution in [0, 0.1) is 0 Å². The molecule has 0 atom stereocenters. The van der Waals surface area contributed by atoms with Gasteiger partial charge in [0, 0.05) is 11.2 Å². The highest BCUT2D eigenvalue weighted by Crippen LogP contribution is 2.18. The number of aryl methyl sites for hydroxylation is 1. The lowest BCUT2D eigenvalue weighted by atomic mass is 10.1. The molecule has 0 aliphatic carbocycles. The van der Waals surface area contributed by atoms with E-state index in [4.69, 9.17) is 4.74 Å². The lowest BCUT2D eigenvalue weighted by molar-refractivity contribution is -0.118. The minimum absolute atomic E-state index is 0.0896. The number of ether oxygens (including phenoxy) is 1. The Bertz CT molecular complexity index is 902. The predicted molar refractivity (Wildman–Crippen MR) is 106 cm³/mol. The standard InChI is InChI=1S/C20H26N2O4S/c1-5-15-8-6-10-17(12-15)26-14-19(23)21-16-9-7-11-18(13-16)27(24,25)22-20(2,3)4/h6-13,22H,5,14H2,1-4H3,(H,21,23). The van der Waals surface area contributed by atoms with Crippen molar-refractivity contribution < 1.29 is 17.9 Å². The van der Waals surface area contributed by atoms with Gasteiger partial charge in [0.1, 0.15) is 5.75 Å². The third-order valence-corrected chi connectivity index (χ3v) is 5.30. The van der Waals surface area contributed by atoms with Gasteiger partial charge in [-0.2, -0.15) is 0 Å². The molecule has 6 nitrogen and oxygen atoms in total. The van der Waals surface area contributed by atoms with E-state index in [1.807, 2.05) is 25.1 Å². The van der Waals surface area contributed by atoms with Gasteiger partial charge in [-0.3, -0.25) is 4.79 Å². The molecule has 0 aromatic heterocycles. The van der Waals surface area contributed by atoms with Crippen molar-refractivity contribution in [2.24, 2.45) is 0 Å². The molecule has 0 radical (unpaired) electrons. The molecular weight excluding hydrogens is 364 g/mol. The maximum atomic E-state index is 12.4. The number of benzene rings is 2. The van der Waals surface area contributed by atoms with E-state index in [0.29, 0.717) is 11.4 Å². The Balaban J connectivity index is 2.02. The van der Waals surface area contributed by atoms with Crippen molar-refractivity contribution in [3.8, 4) is 5.75 Å². The van der Waals surface area contributed by atoms with E-state index in [9.17, 15) is 13.2 Å². The van der Waals surface area contributed by atoms with Crippen LogP contribution < -0.4 is 14.8 Å². The van der Waals surface area contributed by atoms with Crippen molar-refractivity contribution >= 4 is 21.6 Å². The lowest BCUT2D eigenvalue weighted by Crippen LogP contribution is -2.40. The first kappa shape index (κ1) is 20.9. The number of nitrogens with one attached hydrogen (secondary N) is 2. The van der Waals surface area contributed by atoms with Crippen LogP contribution >= 0.6 is 0 Å². The Kier molecular flexibility index (Phi) is 6.62. The minimum Gasteiger partial charge on any atom is -0.484 e. The maximum Gasteiger partial charge on any atom is 0.262 e. The normalized spacial score (nSPS) is 11.9. The molecule has 2 aromatic rings. The highest BCUT2D eigenvalue weighted by Gasteiger charge is 2.22. The van der Waals surface area contributed by atoms with Crippen molar-refractivity contribution in [2.45, 2.75) is 44.6 Å². The van der Waals surface area contributed by atoms with E-state index < -0.39 is 15.6 Å². The second-order valence-corrected chi connectivity index (χ2v) is 8.90. The van der Waals surface area contributed by atoms with Gasteiger partial charge in [0.2, 0.25) is 10.0 Å². The van der Waals surface area contributed by atoms with Crippen LogP contribution in [-0.4, -0.2) is 26.5 Å². The van der Waals surface area contributed by atoms with Crippen LogP contribution in [0.1, 0.15) is 33.3 Å². The number of carbonyl (C=O) groups is 1. The fourth-order valence-corrected chi connectivity index (χ4v) is 3.87. The van der Waals surface area contributed by atoms with E-state index in [-0.39, 0.29) is 17.4 Å². The van der Waals surface area contributed by atoms with Crippen LogP contribution in [0.2, 0.25) is 0 Å². The molecule has 0 bridgehead atoms. The maximum absolute atomic E-state index is 12.4. The molecule has 2 rings (SSSR count). The molecule has 146 valence electrons. The van der Waals surface area contributed by atoms with Crippen LogP contribution in [-0.2, 0) is 21.2 Å². The van der Waals surface area contributed by atoms with Crippen LogP contribution in [0.25, 0.3) is 0 Å². The summed E-state index contributed by atoms with van der Waals surface area (Å²) in [5.74, 6) is 0.255. The number of rotatable bonds is 7. The minimum atomic E-state index is -3.67. The van der Waals surface area contributed by atoms with E-state index in [2.05, 4.69) is 10.0 Å². The number of sulfonamides is 1. The number of hydrogen-bond acceptors (Lipinski definition) is 4. The van der Waals surface area contributed by atoms with Gasteiger partial charge in [0.05, 0.1) is 4.90 Å².